The third-order valence-electron chi connectivity index (χ3n) is 3.30. The Kier molecular flexibility index (Phi) is 5.55. The highest BCUT2D eigenvalue weighted by atomic mass is 79.9. The van der Waals surface area contributed by atoms with Crippen LogP contribution in [0.25, 0.3) is 10.8 Å². The lowest BCUT2D eigenvalue weighted by Gasteiger charge is -2.05. The largest absolute Gasteiger partial charge is 0.496 e. The fourth-order valence-corrected chi connectivity index (χ4v) is 4.18. The number of ether oxygens (including phenoxy) is 1. The summed E-state index contributed by atoms with van der Waals surface area (Å²) in [6.07, 6.45) is 0. The van der Waals surface area contributed by atoms with Crippen LogP contribution >= 0.6 is 39.0 Å². The van der Waals surface area contributed by atoms with Crippen LogP contribution in [0.15, 0.2) is 32.3 Å². The van der Waals surface area contributed by atoms with Crippen LogP contribution in [0.1, 0.15) is 21.1 Å². The molecule has 0 saturated carbocycles. The molecular weight excluding hydrogens is 426 g/mol. The number of ketones is 1. The third kappa shape index (κ3) is 4.10. The smallest absolute Gasteiger partial charge is 0.277 e. The first-order valence-electron chi connectivity index (χ1n) is 7.25. The Morgan fingerprint density at radius 1 is 1.36 bits per heavy atom. The number of aromatic nitrogens is 3. The molecule has 0 aliphatic heterocycles. The number of thiazole rings is 1. The number of rotatable bonds is 6. The van der Waals surface area contributed by atoms with Crippen molar-refractivity contribution in [1.82, 2.24) is 15.2 Å². The lowest BCUT2D eigenvalue weighted by atomic mass is 10.1. The minimum Gasteiger partial charge on any atom is -0.496 e. The van der Waals surface area contributed by atoms with Crippen LogP contribution in [0.3, 0.4) is 0 Å². The summed E-state index contributed by atoms with van der Waals surface area (Å²) in [5.74, 6) is 1.30. The summed E-state index contributed by atoms with van der Waals surface area (Å²) in [4.78, 5) is 17.5. The number of aryl methyl sites for hydroxylation is 2. The Bertz CT molecular complexity index is 923. The minimum atomic E-state index is -0.0297. The molecule has 6 nitrogen and oxygen atoms in total. The third-order valence-corrected chi connectivity index (χ3v) is 5.80. The molecule has 0 aliphatic carbocycles. The zero-order valence-electron chi connectivity index (χ0n) is 13.7. The molecule has 0 N–H and O–H groups in total. The molecule has 25 heavy (non-hydrogen) atoms. The van der Waals surface area contributed by atoms with E-state index in [2.05, 4.69) is 31.1 Å². The fraction of sp³-hybridized carbons (Fsp3) is 0.250. The van der Waals surface area contributed by atoms with Crippen molar-refractivity contribution in [3.8, 4) is 16.5 Å². The molecule has 0 aliphatic rings. The van der Waals surface area contributed by atoms with E-state index in [-0.39, 0.29) is 11.5 Å². The first-order valence-corrected chi connectivity index (χ1v) is 9.85. The second-order valence-electron chi connectivity index (χ2n) is 5.08. The molecule has 2 heterocycles. The second kappa shape index (κ2) is 7.67. The normalized spacial score (nSPS) is 10.9. The maximum Gasteiger partial charge on any atom is 0.277 e. The van der Waals surface area contributed by atoms with E-state index in [0.717, 1.165) is 20.1 Å². The van der Waals surface area contributed by atoms with E-state index in [1.807, 2.05) is 13.8 Å². The molecule has 0 amide bonds. The van der Waals surface area contributed by atoms with Crippen molar-refractivity contribution in [1.29, 1.82) is 0 Å². The van der Waals surface area contributed by atoms with Gasteiger partial charge in [-0.15, -0.1) is 21.5 Å². The summed E-state index contributed by atoms with van der Waals surface area (Å²) >= 11 is 6.10. The molecule has 0 unspecified atom stereocenters. The van der Waals surface area contributed by atoms with Gasteiger partial charge in [0, 0.05) is 5.56 Å². The van der Waals surface area contributed by atoms with Crippen LogP contribution in [0.5, 0.6) is 5.75 Å². The average Bonchev–Trinajstić information content (AvgIpc) is 3.18. The highest BCUT2D eigenvalue weighted by Crippen LogP contribution is 2.31. The summed E-state index contributed by atoms with van der Waals surface area (Å²) in [5.41, 5.74) is 1.45. The summed E-state index contributed by atoms with van der Waals surface area (Å²) in [5, 5.41) is 9.35. The number of hydrogen-bond acceptors (Lipinski definition) is 8. The second-order valence-corrected chi connectivity index (χ2v) is 8.07. The number of thioether (sulfide) groups is 1. The summed E-state index contributed by atoms with van der Waals surface area (Å²) in [6, 6.07) is 5.22. The molecule has 0 fully saturated rings. The number of benzene rings is 1. The number of halogens is 1. The lowest BCUT2D eigenvalue weighted by molar-refractivity contribution is 0.102. The van der Waals surface area contributed by atoms with Gasteiger partial charge in [-0.3, -0.25) is 4.79 Å². The first-order chi connectivity index (χ1) is 12.0. The fourth-order valence-electron chi connectivity index (χ4n) is 2.14. The summed E-state index contributed by atoms with van der Waals surface area (Å²) < 4.78 is 11.5. The molecule has 9 heteroatoms. The van der Waals surface area contributed by atoms with E-state index < -0.39 is 0 Å². The number of carbonyl (C=O) groups excluding carboxylic acids is 1. The summed E-state index contributed by atoms with van der Waals surface area (Å²) in [7, 11) is 1.58. The summed E-state index contributed by atoms with van der Waals surface area (Å²) in [6.45, 7) is 3.83. The van der Waals surface area contributed by atoms with Crippen LogP contribution in [0, 0.1) is 13.8 Å². The molecule has 0 saturated heterocycles. The van der Waals surface area contributed by atoms with Gasteiger partial charge >= 0.3 is 0 Å². The first kappa shape index (κ1) is 18.1. The maximum absolute atomic E-state index is 12.3. The van der Waals surface area contributed by atoms with Crippen LogP contribution in [0.4, 0.5) is 0 Å². The molecule has 2 aromatic heterocycles. The van der Waals surface area contributed by atoms with Gasteiger partial charge in [0.1, 0.15) is 10.6 Å². The Morgan fingerprint density at radius 2 is 2.16 bits per heavy atom. The van der Waals surface area contributed by atoms with Gasteiger partial charge < -0.3 is 9.15 Å². The molecule has 1 aromatic carbocycles. The number of hydrogen-bond donors (Lipinski definition) is 0. The zero-order valence-corrected chi connectivity index (χ0v) is 16.9. The van der Waals surface area contributed by atoms with Gasteiger partial charge in [0.15, 0.2) is 5.78 Å². The molecule has 0 bridgehead atoms. The Balaban J connectivity index is 1.67. The molecule has 0 radical (unpaired) electrons. The Labute approximate surface area is 161 Å². The average molecular weight is 440 g/mol. The van der Waals surface area contributed by atoms with Crippen molar-refractivity contribution in [2.45, 2.75) is 19.1 Å². The van der Waals surface area contributed by atoms with E-state index in [1.165, 1.54) is 23.1 Å². The topological polar surface area (TPSA) is 78.1 Å². The van der Waals surface area contributed by atoms with Gasteiger partial charge in [0.2, 0.25) is 0 Å². The van der Waals surface area contributed by atoms with E-state index in [9.17, 15) is 4.79 Å². The highest BCUT2D eigenvalue weighted by molar-refractivity contribution is 9.10. The van der Waals surface area contributed by atoms with Gasteiger partial charge in [0.05, 0.1) is 28.0 Å². The van der Waals surface area contributed by atoms with Crippen LogP contribution in [0.2, 0.25) is 0 Å². The van der Waals surface area contributed by atoms with Crippen molar-refractivity contribution in [2.24, 2.45) is 0 Å². The Hall–Kier alpha value is -1.71. The predicted molar refractivity (Wildman–Crippen MR) is 101 cm³/mol. The van der Waals surface area contributed by atoms with E-state index in [4.69, 9.17) is 9.15 Å². The molecule has 130 valence electrons. The van der Waals surface area contributed by atoms with Crippen molar-refractivity contribution in [3.63, 3.8) is 0 Å². The number of nitrogens with zero attached hydrogens (tertiary/aromatic N) is 3. The van der Waals surface area contributed by atoms with Crippen molar-refractivity contribution >= 4 is 44.8 Å². The van der Waals surface area contributed by atoms with Crippen molar-refractivity contribution < 1.29 is 13.9 Å². The SMILES string of the molecule is COc1ccc(C(=O)CSc2nnc(-c3sc(C)nc3C)o2)cc1Br. The zero-order chi connectivity index (χ0) is 18.0. The van der Waals surface area contributed by atoms with E-state index in [1.54, 1.807) is 25.3 Å². The van der Waals surface area contributed by atoms with Crippen LogP contribution < -0.4 is 4.74 Å². The van der Waals surface area contributed by atoms with Crippen LogP contribution in [-0.4, -0.2) is 33.8 Å². The van der Waals surface area contributed by atoms with Crippen molar-refractivity contribution in [3.05, 3.63) is 38.9 Å². The standard InChI is InChI=1S/C16H14BrN3O3S2/c1-8-14(25-9(2)18-8)15-19-20-16(23-15)24-7-12(21)10-4-5-13(22-3)11(17)6-10/h4-6H,7H2,1-3H3. The molecule has 3 rings (SSSR count). The van der Waals surface area contributed by atoms with Gasteiger partial charge in [-0.1, -0.05) is 11.8 Å². The molecule has 0 spiro atoms. The van der Waals surface area contributed by atoms with Gasteiger partial charge in [-0.25, -0.2) is 4.98 Å². The van der Waals surface area contributed by atoms with E-state index in [0.29, 0.717) is 22.4 Å². The predicted octanol–water partition coefficient (Wildman–Crippen LogP) is 4.56. The number of methoxy groups -OCH3 is 1. The quantitative estimate of drug-likeness (QED) is 0.411. The maximum atomic E-state index is 12.3. The van der Waals surface area contributed by atoms with Gasteiger partial charge in [-0.05, 0) is 48.0 Å². The monoisotopic (exact) mass is 439 g/mol. The Morgan fingerprint density at radius 3 is 2.80 bits per heavy atom. The highest BCUT2D eigenvalue weighted by Gasteiger charge is 2.16. The van der Waals surface area contributed by atoms with Crippen molar-refractivity contribution in [2.75, 3.05) is 12.9 Å². The number of carbonyl (C=O) groups is 1. The number of Topliss-reactive ketones (excluding diaryl/α,β-unsaturated/α-hetero) is 1. The van der Waals surface area contributed by atoms with E-state index >= 15 is 0 Å². The van der Waals surface area contributed by atoms with Crippen LogP contribution in [-0.2, 0) is 0 Å². The molecular formula is C16H14BrN3O3S2. The molecule has 3 aromatic rings. The van der Waals surface area contributed by atoms with Gasteiger partial charge in [-0.2, -0.15) is 0 Å². The van der Waals surface area contributed by atoms with Gasteiger partial charge in [0.25, 0.3) is 11.1 Å². The minimum absolute atomic E-state index is 0.0297. The molecule has 0 atom stereocenters. The lowest BCUT2D eigenvalue weighted by Crippen LogP contribution is -2.02.